The third-order valence-corrected chi connectivity index (χ3v) is 3.68. The average Bonchev–Trinajstić information content (AvgIpc) is 2.83. The number of nitrogens with zero attached hydrogens (tertiary/aromatic N) is 3. The number of hydrogen-bond donors (Lipinski definition) is 1. The van der Waals surface area contributed by atoms with Crippen molar-refractivity contribution in [1.82, 2.24) is 9.88 Å². The van der Waals surface area contributed by atoms with Crippen LogP contribution in [0, 0.1) is 17.0 Å². The lowest BCUT2D eigenvalue weighted by Gasteiger charge is -2.16. The first-order valence-electron chi connectivity index (χ1n) is 6.03. The lowest BCUT2D eigenvalue weighted by atomic mass is 10.1. The number of phenols is 1. The minimum atomic E-state index is -0.726. The van der Waals surface area contributed by atoms with Crippen LogP contribution >= 0.6 is 11.3 Å². The van der Waals surface area contributed by atoms with Crippen LogP contribution in [0.1, 0.15) is 21.1 Å². The quantitative estimate of drug-likeness (QED) is 0.690. The number of thiazole rings is 1. The second-order valence-corrected chi connectivity index (χ2v) is 5.51. The first-order valence-corrected chi connectivity index (χ1v) is 6.91. The monoisotopic (exact) mass is 307 g/mol. The van der Waals surface area contributed by atoms with Gasteiger partial charge in [-0.3, -0.25) is 14.9 Å². The molecular formula is C13H13N3O4S. The zero-order valence-electron chi connectivity index (χ0n) is 11.4. The SMILES string of the molecule is Cc1nc(CN(C)C(=O)c2cccc([N+](=O)[O-])c2O)cs1. The third-order valence-electron chi connectivity index (χ3n) is 2.85. The van der Waals surface area contributed by atoms with E-state index in [2.05, 4.69) is 4.98 Å². The van der Waals surface area contributed by atoms with Gasteiger partial charge in [0.05, 0.1) is 27.7 Å². The molecule has 2 aromatic rings. The molecule has 0 aliphatic rings. The highest BCUT2D eigenvalue weighted by Crippen LogP contribution is 2.30. The molecule has 0 aliphatic carbocycles. The van der Waals surface area contributed by atoms with Crippen LogP contribution in [0.15, 0.2) is 23.6 Å². The molecular weight excluding hydrogens is 294 g/mol. The minimum Gasteiger partial charge on any atom is -0.502 e. The van der Waals surface area contributed by atoms with Gasteiger partial charge < -0.3 is 10.0 Å². The van der Waals surface area contributed by atoms with E-state index < -0.39 is 22.3 Å². The van der Waals surface area contributed by atoms with Crippen molar-refractivity contribution >= 4 is 22.9 Å². The van der Waals surface area contributed by atoms with E-state index in [0.717, 1.165) is 16.8 Å². The Balaban J connectivity index is 2.23. The Morgan fingerprint density at radius 2 is 2.24 bits per heavy atom. The molecule has 8 heteroatoms. The molecule has 0 spiro atoms. The van der Waals surface area contributed by atoms with E-state index in [4.69, 9.17) is 0 Å². The van der Waals surface area contributed by atoms with Crippen molar-refractivity contribution in [2.75, 3.05) is 7.05 Å². The number of aromatic nitrogens is 1. The number of carbonyl (C=O) groups excluding carboxylic acids is 1. The van der Waals surface area contributed by atoms with Gasteiger partial charge in [0.15, 0.2) is 0 Å². The molecule has 1 heterocycles. The van der Waals surface area contributed by atoms with Crippen molar-refractivity contribution in [1.29, 1.82) is 0 Å². The van der Waals surface area contributed by atoms with Crippen LogP contribution in [0.2, 0.25) is 0 Å². The fourth-order valence-electron chi connectivity index (χ4n) is 1.85. The summed E-state index contributed by atoms with van der Waals surface area (Å²) in [5.41, 5.74) is 0.149. The van der Waals surface area contributed by atoms with E-state index in [-0.39, 0.29) is 12.1 Å². The molecule has 0 fully saturated rings. The Hall–Kier alpha value is -2.48. The fraction of sp³-hybridized carbons (Fsp3) is 0.231. The summed E-state index contributed by atoms with van der Waals surface area (Å²) in [6.45, 7) is 2.13. The summed E-state index contributed by atoms with van der Waals surface area (Å²) >= 11 is 1.48. The molecule has 0 aliphatic heterocycles. The van der Waals surface area contributed by atoms with Crippen molar-refractivity contribution < 1.29 is 14.8 Å². The van der Waals surface area contributed by atoms with Crippen LogP contribution in [0.25, 0.3) is 0 Å². The number of rotatable bonds is 4. The van der Waals surface area contributed by atoms with E-state index >= 15 is 0 Å². The van der Waals surface area contributed by atoms with Crippen molar-refractivity contribution in [2.45, 2.75) is 13.5 Å². The fourth-order valence-corrected chi connectivity index (χ4v) is 2.46. The molecule has 0 unspecified atom stereocenters. The second kappa shape index (κ2) is 5.88. The number of phenolic OH excluding ortho intramolecular Hbond substituents is 1. The Morgan fingerprint density at radius 1 is 1.52 bits per heavy atom. The maximum atomic E-state index is 12.3. The first kappa shape index (κ1) is 14.9. The molecule has 1 aromatic carbocycles. The van der Waals surface area contributed by atoms with Crippen molar-refractivity contribution in [3.05, 3.63) is 50.0 Å². The van der Waals surface area contributed by atoms with Gasteiger partial charge in [-0.2, -0.15) is 0 Å². The highest BCUT2D eigenvalue weighted by Gasteiger charge is 2.23. The highest BCUT2D eigenvalue weighted by atomic mass is 32.1. The number of nitro groups is 1. The number of benzene rings is 1. The molecule has 1 amide bonds. The lowest BCUT2D eigenvalue weighted by Crippen LogP contribution is -2.26. The predicted molar refractivity (Wildman–Crippen MR) is 77.4 cm³/mol. The third kappa shape index (κ3) is 3.16. The molecule has 7 nitrogen and oxygen atoms in total. The summed E-state index contributed by atoms with van der Waals surface area (Å²) < 4.78 is 0. The van der Waals surface area contributed by atoms with Crippen molar-refractivity contribution in [2.24, 2.45) is 0 Å². The highest BCUT2D eigenvalue weighted by molar-refractivity contribution is 7.09. The van der Waals surface area contributed by atoms with E-state index in [1.807, 2.05) is 12.3 Å². The lowest BCUT2D eigenvalue weighted by molar-refractivity contribution is -0.385. The van der Waals surface area contributed by atoms with Crippen LogP contribution in [0.3, 0.4) is 0 Å². The zero-order valence-corrected chi connectivity index (χ0v) is 12.3. The standard InChI is InChI=1S/C13H13N3O4S/c1-8-14-9(7-21-8)6-15(2)13(18)10-4-3-5-11(12(10)17)16(19)20/h3-5,7,17H,6H2,1-2H3. The van der Waals surface area contributed by atoms with Crippen LogP contribution in [-0.2, 0) is 6.54 Å². The predicted octanol–water partition coefficient (Wildman–Crippen LogP) is 2.34. The Morgan fingerprint density at radius 3 is 2.81 bits per heavy atom. The summed E-state index contributed by atoms with van der Waals surface area (Å²) in [6, 6.07) is 3.87. The molecule has 0 saturated heterocycles. The molecule has 2 rings (SSSR count). The smallest absolute Gasteiger partial charge is 0.311 e. The van der Waals surface area contributed by atoms with Crippen LogP contribution < -0.4 is 0 Å². The molecule has 0 bridgehead atoms. The molecule has 1 N–H and O–H groups in total. The van der Waals surface area contributed by atoms with Crippen molar-refractivity contribution in [3.63, 3.8) is 0 Å². The number of amides is 1. The topological polar surface area (TPSA) is 96.6 Å². The van der Waals surface area contributed by atoms with E-state index in [1.54, 1.807) is 7.05 Å². The zero-order chi connectivity index (χ0) is 15.6. The average molecular weight is 307 g/mol. The number of carbonyl (C=O) groups is 1. The van der Waals surface area contributed by atoms with Gasteiger partial charge in [-0.05, 0) is 13.0 Å². The molecule has 1 aromatic heterocycles. The van der Waals surface area contributed by atoms with E-state index in [0.29, 0.717) is 0 Å². The first-order chi connectivity index (χ1) is 9.90. The van der Waals surface area contributed by atoms with Gasteiger partial charge in [-0.15, -0.1) is 11.3 Å². The summed E-state index contributed by atoms with van der Waals surface area (Å²) in [4.78, 5) is 27.9. The Kier molecular flexibility index (Phi) is 4.18. The van der Waals surface area contributed by atoms with E-state index in [9.17, 15) is 20.0 Å². The summed E-state index contributed by atoms with van der Waals surface area (Å²) in [6.07, 6.45) is 0. The van der Waals surface area contributed by atoms with Gasteiger partial charge in [-0.1, -0.05) is 6.07 Å². The van der Waals surface area contributed by atoms with Gasteiger partial charge in [0.25, 0.3) is 5.91 Å². The summed E-state index contributed by atoms with van der Waals surface area (Å²) in [7, 11) is 1.55. The van der Waals surface area contributed by atoms with Gasteiger partial charge in [0, 0.05) is 18.5 Å². The van der Waals surface area contributed by atoms with Crippen molar-refractivity contribution in [3.8, 4) is 5.75 Å². The molecule has 0 saturated carbocycles. The number of aryl methyl sites for hydroxylation is 1. The largest absolute Gasteiger partial charge is 0.502 e. The van der Waals surface area contributed by atoms with Gasteiger partial charge in [0.2, 0.25) is 5.75 Å². The maximum absolute atomic E-state index is 12.3. The van der Waals surface area contributed by atoms with E-state index in [1.165, 1.54) is 28.4 Å². The molecule has 110 valence electrons. The van der Waals surface area contributed by atoms with Crippen LogP contribution in [0.5, 0.6) is 5.75 Å². The number of aromatic hydroxyl groups is 1. The van der Waals surface area contributed by atoms with Crippen LogP contribution in [-0.4, -0.2) is 32.9 Å². The number of para-hydroxylation sites is 1. The van der Waals surface area contributed by atoms with Gasteiger partial charge >= 0.3 is 5.69 Å². The van der Waals surface area contributed by atoms with Gasteiger partial charge in [-0.25, -0.2) is 4.98 Å². The molecule has 0 radical (unpaired) electrons. The Labute approximate surface area is 124 Å². The molecule has 0 atom stereocenters. The Bertz CT molecular complexity index is 698. The summed E-state index contributed by atoms with van der Waals surface area (Å²) in [5.74, 6) is -1.12. The second-order valence-electron chi connectivity index (χ2n) is 4.45. The molecule has 21 heavy (non-hydrogen) atoms. The summed E-state index contributed by atoms with van der Waals surface area (Å²) in [5, 5.41) is 23.4. The normalized spacial score (nSPS) is 10.4. The minimum absolute atomic E-state index is 0.0985. The van der Waals surface area contributed by atoms with Crippen LogP contribution in [0.4, 0.5) is 5.69 Å². The number of hydrogen-bond acceptors (Lipinski definition) is 6. The van der Waals surface area contributed by atoms with Gasteiger partial charge in [0.1, 0.15) is 0 Å². The maximum Gasteiger partial charge on any atom is 0.311 e. The number of nitro benzene ring substituents is 1.